The van der Waals surface area contributed by atoms with Crippen LogP contribution in [0.1, 0.15) is 32.6 Å². The number of carbonyl (C=O) groups excluding carboxylic acids is 1. The van der Waals surface area contributed by atoms with Crippen molar-refractivity contribution in [1.82, 2.24) is 4.90 Å². The molecule has 114 valence electrons. The van der Waals surface area contributed by atoms with Gasteiger partial charge in [-0.2, -0.15) is 0 Å². The molecule has 0 aromatic carbocycles. The summed E-state index contributed by atoms with van der Waals surface area (Å²) >= 11 is 1.75. The number of rotatable bonds is 4. The minimum absolute atomic E-state index is 0.133. The van der Waals surface area contributed by atoms with Crippen LogP contribution in [0.5, 0.6) is 0 Å². The highest BCUT2D eigenvalue weighted by Crippen LogP contribution is 2.45. The number of carbonyl (C=O) groups is 1. The van der Waals surface area contributed by atoms with E-state index in [4.69, 9.17) is 9.47 Å². The van der Waals surface area contributed by atoms with E-state index in [9.17, 15) is 4.79 Å². The minimum atomic E-state index is -0.140. The van der Waals surface area contributed by atoms with E-state index >= 15 is 0 Å². The number of thioether (sulfide) groups is 1. The van der Waals surface area contributed by atoms with Gasteiger partial charge in [0.05, 0.1) is 30.5 Å². The van der Waals surface area contributed by atoms with E-state index in [1.165, 1.54) is 37.3 Å². The molecule has 0 aromatic heterocycles. The average Bonchev–Trinajstić information content (AvgIpc) is 2.83. The van der Waals surface area contributed by atoms with E-state index in [0.717, 1.165) is 32.7 Å². The number of nitrogens with one attached hydrogen (secondary N) is 1. The number of ether oxygens (including phenoxy) is 2. The fourth-order valence-corrected chi connectivity index (χ4v) is 4.77. The molecule has 6 heteroatoms. The van der Waals surface area contributed by atoms with Crippen molar-refractivity contribution < 1.29 is 19.2 Å². The van der Waals surface area contributed by atoms with Crippen molar-refractivity contribution >= 4 is 18.2 Å². The molecule has 0 radical (unpaired) electrons. The van der Waals surface area contributed by atoms with Crippen molar-refractivity contribution in [2.75, 3.05) is 33.0 Å². The predicted octanol–water partition coefficient (Wildman–Crippen LogP) is 0.0657. The summed E-state index contributed by atoms with van der Waals surface area (Å²) in [5.41, 5.74) is -0.273. The van der Waals surface area contributed by atoms with E-state index in [1.807, 2.05) is 4.90 Å². The zero-order valence-electron chi connectivity index (χ0n) is 12.2. The predicted molar refractivity (Wildman–Crippen MR) is 77.4 cm³/mol. The molecule has 1 N–H and O–H groups in total. The average molecular weight is 301 g/mol. The van der Waals surface area contributed by atoms with Crippen molar-refractivity contribution in [3.8, 4) is 0 Å². The highest BCUT2D eigenvalue weighted by Gasteiger charge is 2.49. The van der Waals surface area contributed by atoms with Crippen LogP contribution in [-0.4, -0.2) is 60.7 Å². The number of likely N-dealkylation sites (tertiary alicyclic amines) is 1. The van der Waals surface area contributed by atoms with Gasteiger partial charge < -0.3 is 14.4 Å². The van der Waals surface area contributed by atoms with E-state index in [2.05, 4.69) is 6.92 Å². The van der Waals surface area contributed by atoms with Crippen LogP contribution in [0.2, 0.25) is 0 Å². The fraction of sp³-hybridized carbons (Fsp3) is 0.929. The quantitative estimate of drug-likeness (QED) is 0.746. The van der Waals surface area contributed by atoms with Gasteiger partial charge in [0.2, 0.25) is 6.41 Å². The molecular weight excluding hydrogens is 276 g/mol. The van der Waals surface area contributed by atoms with Crippen molar-refractivity contribution in [2.24, 2.45) is 0 Å². The molecule has 3 aliphatic heterocycles. The Morgan fingerprint density at radius 3 is 2.90 bits per heavy atom. The van der Waals surface area contributed by atoms with Crippen LogP contribution in [-0.2, 0) is 14.3 Å². The maximum absolute atomic E-state index is 11.5. The highest BCUT2D eigenvalue weighted by atomic mass is 32.2. The largest absolute Gasteiger partial charge is 0.380 e. The molecule has 3 aliphatic rings. The molecule has 0 unspecified atom stereocenters. The Morgan fingerprint density at radius 2 is 2.20 bits per heavy atom. The zero-order valence-corrected chi connectivity index (χ0v) is 13.0. The van der Waals surface area contributed by atoms with Crippen LogP contribution in [0.25, 0.3) is 0 Å². The Balaban J connectivity index is 1.60. The third-order valence-electron chi connectivity index (χ3n) is 4.72. The van der Waals surface area contributed by atoms with Crippen molar-refractivity contribution in [2.45, 2.75) is 49.0 Å². The van der Waals surface area contributed by atoms with Crippen LogP contribution < -0.4 is 4.90 Å². The molecule has 3 fully saturated rings. The van der Waals surface area contributed by atoms with Crippen LogP contribution in [0, 0.1) is 0 Å². The normalized spacial score (nSPS) is 38.5. The number of amides is 1. The van der Waals surface area contributed by atoms with Crippen LogP contribution in [0.4, 0.5) is 0 Å². The SMILES string of the molecule is C[C@]12CCOC[C@H]1S[C@H](N(C=O)C[NH+]1CCCCC1)O2. The molecule has 3 atom stereocenters. The van der Waals surface area contributed by atoms with Crippen LogP contribution in [0.15, 0.2) is 0 Å². The van der Waals surface area contributed by atoms with Gasteiger partial charge >= 0.3 is 0 Å². The molecule has 0 spiro atoms. The summed E-state index contributed by atoms with van der Waals surface area (Å²) in [5, 5.41) is 0.347. The lowest BCUT2D eigenvalue weighted by atomic mass is 9.96. The fourth-order valence-electron chi connectivity index (χ4n) is 3.29. The standard InChI is InChI=1S/C14H24N2O3S/c1-14-5-8-18-9-12(14)20-13(19-14)16(11-17)10-15-6-3-2-4-7-15/h11-13H,2-10H2,1H3/p+1/t12-,13-,14+/m1/s1. The Bertz CT molecular complexity index is 351. The Labute approximate surface area is 124 Å². The summed E-state index contributed by atoms with van der Waals surface area (Å²) in [6, 6.07) is 0. The summed E-state index contributed by atoms with van der Waals surface area (Å²) in [7, 11) is 0. The molecule has 1 amide bonds. The lowest BCUT2D eigenvalue weighted by molar-refractivity contribution is -0.914. The maximum Gasteiger partial charge on any atom is 0.216 e. The summed E-state index contributed by atoms with van der Waals surface area (Å²) in [6.07, 6.45) is 5.76. The third kappa shape index (κ3) is 2.98. The third-order valence-corrected chi connectivity index (χ3v) is 6.28. The number of piperidine rings is 1. The first-order valence-electron chi connectivity index (χ1n) is 7.67. The molecule has 3 heterocycles. The maximum atomic E-state index is 11.5. The summed E-state index contributed by atoms with van der Waals surface area (Å²) in [5.74, 6) is 0. The molecule has 20 heavy (non-hydrogen) atoms. The van der Waals surface area contributed by atoms with Gasteiger partial charge in [-0.15, -0.1) is 0 Å². The van der Waals surface area contributed by atoms with Crippen molar-refractivity contribution in [3.63, 3.8) is 0 Å². The van der Waals surface area contributed by atoms with E-state index in [1.54, 1.807) is 11.8 Å². The first-order valence-corrected chi connectivity index (χ1v) is 8.61. The zero-order chi connectivity index (χ0) is 14.0. The van der Waals surface area contributed by atoms with Gasteiger partial charge in [0.25, 0.3) is 0 Å². The second-order valence-electron chi connectivity index (χ2n) is 6.28. The molecule has 0 saturated carbocycles. The first kappa shape index (κ1) is 14.6. The monoisotopic (exact) mass is 301 g/mol. The molecule has 0 bridgehead atoms. The molecule has 0 aromatic rings. The Morgan fingerprint density at radius 1 is 1.40 bits per heavy atom. The topological polar surface area (TPSA) is 43.2 Å². The summed E-state index contributed by atoms with van der Waals surface area (Å²) in [6.45, 7) is 6.77. The summed E-state index contributed by atoms with van der Waals surface area (Å²) in [4.78, 5) is 14.8. The smallest absolute Gasteiger partial charge is 0.216 e. The molecular formula is C14H25N2O3S+. The van der Waals surface area contributed by atoms with E-state index < -0.39 is 0 Å². The lowest BCUT2D eigenvalue weighted by Crippen LogP contribution is -3.14. The number of hydrogen-bond donors (Lipinski definition) is 1. The van der Waals surface area contributed by atoms with Crippen molar-refractivity contribution in [3.05, 3.63) is 0 Å². The second-order valence-corrected chi connectivity index (χ2v) is 7.52. The summed E-state index contributed by atoms with van der Waals surface area (Å²) < 4.78 is 11.8. The lowest BCUT2D eigenvalue weighted by Gasteiger charge is -2.34. The van der Waals surface area contributed by atoms with E-state index in [-0.39, 0.29) is 11.2 Å². The number of hydrogen-bond acceptors (Lipinski definition) is 4. The van der Waals surface area contributed by atoms with Crippen LogP contribution in [0.3, 0.4) is 0 Å². The number of quaternary nitrogens is 1. The van der Waals surface area contributed by atoms with E-state index in [0.29, 0.717) is 5.25 Å². The highest BCUT2D eigenvalue weighted by molar-refractivity contribution is 8.00. The van der Waals surface area contributed by atoms with Gasteiger partial charge in [-0.05, 0) is 26.2 Å². The number of fused-ring (bicyclic) bond motifs is 1. The van der Waals surface area contributed by atoms with Gasteiger partial charge in [-0.3, -0.25) is 9.69 Å². The molecule has 5 nitrogen and oxygen atoms in total. The van der Waals surface area contributed by atoms with Gasteiger partial charge in [-0.25, -0.2) is 0 Å². The van der Waals surface area contributed by atoms with Gasteiger partial charge in [0, 0.05) is 13.0 Å². The number of nitrogens with zero attached hydrogens (tertiary/aromatic N) is 1. The Kier molecular flexibility index (Phi) is 4.55. The molecule has 3 saturated heterocycles. The van der Waals surface area contributed by atoms with Gasteiger partial charge in [0.15, 0.2) is 12.2 Å². The Hall–Kier alpha value is -0.300. The van der Waals surface area contributed by atoms with Crippen LogP contribution >= 0.6 is 11.8 Å². The minimum Gasteiger partial charge on any atom is -0.380 e. The first-order chi connectivity index (χ1) is 9.71. The van der Waals surface area contributed by atoms with Gasteiger partial charge in [0.1, 0.15) is 0 Å². The van der Waals surface area contributed by atoms with Crippen molar-refractivity contribution in [1.29, 1.82) is 0 Å². The molecule has 3 rings (SSSR count). The second kappa shape index (κ2) is 6.22. The molecule has 0 aliphatic carbocycles. The van der Waals surface area contributed by atoms with Gasteiger partial charge in [-0.1, -0.05) is 11.8 Å².